The minimum absolute atomic E-state index is 0.00500. The van der Waals surface area contributed by atoms with Crippen LogP contribution >= 0.6 is 15.9 Å². The van der Waals surface area contributed by atoms with Crippen LogP contribution in [0, 0.1) is 6.92 Å². The first-order valence-electron chi connectivity index (χ1n) is 4.13. The van der Waals surface area contributed by atoms with Gasteiger partial charge in [0.05, 0.1) is 11.1 Å². The van der Waals surface area contributed by atoms with Crippen molar-refractivity contribution in [2.75, 3.05) is 0 Å². The third-order valence-corrected chi connectivity index (χ3v) is 2.64. The maximum Gasteiger partial charge on any atom is 0.336 e. The first-order valence-corrected chi connectivity index (χ1v) is 5.25. The van der Waals surface area contributed by atoms with Gasteiger partial charge >= 0.3 is 11.9 Å². The molecule has 0 saturated carbocycles. The van der Waals surface area contributed by atoms with E-state index in [-0.39, 0.29) is 11.1 Å². The van der Waals surface area contributed by atoms with Gasteiger partial charge in [0, 0.05) is 5.33 Å². The zero-order chi connectivity index (χ0) is 11.6. The maximum absolute atomic E-state index is 10.9. The molecule has 5 heteroatoms. The van der Waals surface area contributed by atoms with Gasteiger partial charge in [-0.3, -0.25) is 0 Å². The van der Waals surface area contributed by atoms with Crippen LogP contribution in [0.25, 0.3) is 0 Å². The Hall–Kier alpha value is -1.36. The Morgan fingerprint density at radius 2 is 1.87 bits per heavy atom. The Morgan fingerprint density at radius 3 is 2.27 bits per heavy atom. The molecule has 0 aliphatic rings. The zero-order valence-corrected chi connectivity index (χ0v) is 9.54. The van der Waals surface area contributed by atoms with E-state index in [2.05, 4.69) is 15.9 Å². The van der Waals surface area contributed by atoms with Crippen molar-refractivity contribution in [2.45, 2.75) is 12.3 Å². The van der Waals surface area contributed by atoms with E-state index >= 15 is 0 Å². The number of carboxylic acids is 2. The predicted octanol–water partition coefficient (Wildman–Crippen LogP) is 2.29. The molecule has 0 aliphatic carbocycles. The largest absolute Gasteiger partial charge is 0.478 e. The molecule has 0 radical (unpaired) electrons. The van der Waals surface area contributed by atoms with E-state index in [4.69, 9.17) is 10.2 Å². The number of hydrogen-bond donors (Lipinski definition) is 2. The Labute approximate surface area is 94.7 Å². The lowest BCUT2D eigenvalue weighted by Gasteiger charge is -2.08. The van der Waals surface area contributed by atoms with Crippen molar-refractivity contribution in [1.29, 1.82) is 0 Å². The second-order valence-corrected chi connectivity index (χ2v) is 3.62. The summed E-state index contributed by atoms with van der Waals surface area (Å²) in [5.41, 5.74) is 1.29. The van der Waals surface area contributed by atoms with Crippen molar-refractivity contribution in [1.82, 2.24) is 0 Å². The molecule has 0 aromatic heterocycles. The highest BCUT2D eigenvalue weighted by Crippen LogP contribution is 2.20. The zero-order valence-electron chi connectivity index (χ0n) is 7.95. The lowest BCUT2D eigenvalue weighted by molar-refractivity contribution is 0.0695. The summed E-state index contributed by atoms with van der Waals surface area (Å²) in [5, 5.41) is 18.1. The standard InChI is InChI=1S/C10H9BrO4/c1-5-2-6(9(12)13)3-7(10(14)15)8(5)4-11/h2-3H,4H2,1H3,(H,12,13)(H,14,15). The third kappa shape index (κ3) is 2.36. The fourth-order valence-corrected chi connectivity index (χ4v) is 2.05. The Kier molecular flexibility index (Phi) is 3.47. The number of alkyl halides is 1. The molecular formula is C10H9BrO4. The molecule has 0 bridgehead atoms. The monoisotopic (exact) mass is 272 g/mol. The van der Waals surface area contributed by atoms with Crippen molar-refractivity contribution in [3.05, 3.63) is 34.4 Å². The van der Waals surface area contributed by atoms with Gasteiger partial charge in [-0.1, -0.05) is 15.9 Å². The van der Waals surface area contributed by atoms with Crippen LogP contribution in [0.5, 0.6) is 0 Å². The van der Waals surface area contributed by atoms with Crippen LogP contribution in [0.15, 0.2) is 12.1 Å². The lowest BCUT2D eigenvalue weighted by atomic mass is 10.00. The van der Waals surface area contributed by atoms with Crippen LogP contribution in [0.3, 0.4) is 0 Å². The summed E-state index contributed by atoms with van der Waals surface area (Å²) in [4.78, 5) is 21.6. The molecule has 0 atom stereocenters. The van der Waals surface area contributed by atoms with Gasteiger partial charge in [0.15, 0.2) is 0 Å². The maximum atomic E-state index is 10.9. The van der Waals surface area contributed by atoms with Gasteiger partial charge in [0.1, 0.15) is 0 Å². The van der Waals surface area contributed by atoms with E-state index in [0.29, 0.717) is 16.5 Å². The van der Waals surface area contributed by atoms with E-state index in [1.807, 2.05) is 0 Å². The van der Waals surface area contributed by atoms with Crippen molar-refractivity contribution >= 4 is 27.9 Å². The van der Waals surface area contributed by atoms with Gasteiger partial charge in [-0.15, -0.1) is 0 Å². The number of carbonyl (C=O) groups is 2. The SMILES string of the molecule is Cc1cc(C(=O)O)cc(C(=O)O)c1CBr. The normalized spacial score (nSPS) is 10.0. The van der Waals surface area contributed by atoms with Crippen molar-refractivity contribution in [3.63, 3.8) is 0 Å². The third-order valence-electron chi connectivity index (χ3n) is 2.08. The summed E-state index contributed by atoms with van der Waals surface area (Å²) in [6, 6.07) is 2.64. The van der Waals surface area contributed by atoms with Crippen LogP contribution in [0.4, 0.5) is 0 Å². The second-order valence-electron chi connectivity index (χ2n) is 3.06. The van der Waals surface area contributed by atoms with Gasteiger partial charge in [-0.2, -0.15) is 0 Å². The molecule has 15 heavy (non-hydrogen) atoms. The fraction of sp³-hybridized carbons (Fsp3) is 0.200. The van der Waals surface area contributed by atoms with Gasteiger partial charge in [-0.05, 0) is 30.2 Å². The van der Waals surface area contributed by atoms with Crippen LogP contribution in [0.2, 0.25) is 0 Å². The minimum Gasteiger partial charge on any atom is -0.478 e. The average molecular weight is 273 g/mol. The van der Waals surface area contributed by atoms with Gasteiger partial charge < -0.3 is 10.2 Å². The molecule has 80 valence electrons. The number of hydrogen-bond acceptors (Lipinski definition) is 2. The summed E-state index contributed by atoms with van der Waals surface area (Å²) >= 11 is 3.18. The summed E-state index contributed by atoms with van der Waals surface area (Å²) in [7, 11) is 0. The summed E-state index contributed by atoms with van der Waals surface area (Å²) in [5.74, 6) is -2.24. The van der Waals surface area contributed by atoms with Crippen molar-refractivity contribution in [2.24, 2.45) is 0 Å². The van der Waals surface area contributed by atoms with E-state index < -0.39 is 11.9 Å². The first-order chi connectivity index (χ1) is 6.97. The van der Waals surface area contributed by atoms with E-state index in [1.54, 1.807) is 6.92 Å². The number of aromatic carboxylic acids is 2. The minimum atomic E-state index is -1.12. The molecule has 0 heterocycles. The fourth-order valence-electron chi connectivity index (χ4n) is 1.31. The van der Waals surface area contributed by atoms with Crippen LogP contribution < -0.4 is 0 Å². The molecule has 0 fully saturated rings. The van der Waals surface area contributed by atoms with Crippen LogP contribution in [0.1, 0.15) is 31.8 Å². The molecule has 0 aliphatic heterocycles. The van der Waals surface area contributed by atoms with E-state index in [1.165, 1.54) is 12.1 Å². The van der Waals surface area contributed by atoms with Crippen LogP contribution in [-0.4, -0.2) is 22.2 Å². The van der Waals surface area contributed by atoms with Gasteiger partial charge in [-0.25, -0.2) is 9.59 Å². The molecule has 0 unspecified atom stereocenters. The van der Waals surface area contributed by atoms with Crippen molar-refractivity contribution < 1.29 is 19.8 Å². The average Bonchev–Trinajstić information content (AvgIpc) is 2.16. The molecule has 4 nitrogen and oxygen atoms in total. The molecule has 0 saturated heterocycles. The molecule has 0 spiro atoms. The second kappa shape index (κ2) is 4.44. The summed E-state index contributed by atoms with van der Waals surface area (Å²) < 4.78 is 0. The number of benzene rings is 1. The van der Waals surface area contributed by atoms with E-state index in [9.17, 15) is 9.59 Å². The van der Waals surface area contributed by atoms with E-state index in [0.717, 1.165) is 0 Å². The number of carboxylic acid groups (broad SMARTS) is 2. The number of aryl methyl sites for hydroxylation is 1. The molecule has 1 aromatic rings. The molecule has 0 amide bonds. The van der Waals surface area contributed by atoms with Gasteiger partial charge in [0.2, 0.25) is 0 Å². The number of rotatable bonds is 3. The van der Waals surface area contributed by atoms with Crippen molar-refractivity contribution in [3.8, 4) is 0 Å². The molecule has 1 rings (SSSR count). The Bertz CT molecular complexity index is 426. The Balaban J connectivity index is 3.45. The predicted molar refractivity (Wildman–Crippen MR) is 57.7 cm³/mol. The molecule has 1 aromatic carbocycles. The van der Waals surface area contributed by atoms with Crippen LogP contribution in [-0.2, 0) is 5.33 Å². The quantitative estimate of drug-likeness (QED) is 0.828. The summed E-state index contributed by atoms with van der Waals surface area (Å²) in [6.45, 7) is 1.69. The smallest absolute Gasteiger partial charge is 0.336 e. The molecule has 2 N–H and O–H groups in total. The lowest BCUT2D eigenvalue weighted by Crippen LogP contribution is -2.07. The summed E-state index contributed by atoms with van der Waals surface area (Å²) in [6.07, 6.45) is 0. The van der Waals surface area contributed by atoms with Gasteiger partial charge in [0.25, 0.3) is 0 Å². The molecular weight excluding hydrogens is 264 g/mol. The Morgan fingerprint density at radius 1 is 1.27 bits per heavy atom. The highest BCUT2D eigenvalue weighted by atomic mass is 79.9. The topological polar surface area (TPSA) is 74.6 Å². The highest BCUT2D eigenvalue weighted by molar-refractivity contribution is 9.08. The number of halogens is 1. The highest BCUT2D eigenvalue weighted by Gasteiger charge is 2.15. The first kappa shape index (κ1) is 11.7.